The van der Waals surface area contributed by atoms with Crippen molar-refractivity contribution in [2.75, 3.05) is 72.5 Å². The maximum Gasteiger partial charge on any atom is 0.326 e. The van der Waals surface area contributed by atoms with E-state index >= 15 is 0 Å². The molecule has 0 aromatic carbocycles. The van der Waals surface area contributed by atoms with Crippen LogP contribution in [0.4, 0.5) is 0 Å². The molecule has 4 amide bonds. The molecule has 0 aliphatic carbocycles. The lowest BCUT2D eigenvalue weighted by Gasteiger charge is -2.14. The second-order valence-electron chi connectivity index (χ2n) is 14.8. The number of ether oxygens (including phenoxy) is 4. The van der Waals surface area contributed by atoms with Gasteiger partial charge in [-0.2, -0.15) is 0 Å². The first-order valence-electron chi connectivity index (χ1n) is 22.0. The van der Waals surface area contributed by atoms with Gasteiger partial charge in [0, 0.05) is 38.9 Å². The third-order valence-corrected chi connectivity index (χ3v) is 9.83. The van der Waals surface area contributed by atoms with E-state index in [2.05, 4.69) is 35.7 Å². The second kappa shape index (κ2) is 41.9. The van der Waals surface area contributed by atoms with Gasteiger partial charge in [0.05, 0.1) is 39.6 Å². The normalized spacial score (nSPS) is 12.0. The van der Waals surface area contributed by atoms with Crippen LogP contribution in [-0.2, 0) is 52.5 Å². The monoisotopic (exact) mass is 894 g/mol. The van der Waals surface area contributed by atoms with Crippen molar-refractivity contribution >= 4 is 50.9 Å². The Balaban J connectivity index is 3.65. The van der Waals surface area contributed by atoms with E-state index in [0.29, 0.717) is 32.2 Å². The van der Waals surface area contributed by atoms with E-state index in [1.807, 2.05) is 0 Å². The van der Waals surface area contributed by atoms with Crippen LogP contribution in [0.2, 0.25) is 0 Å². The first kappa shape index (κ1) is 57.5. The van der Waals surface area contributed by atoms with Gasteiger partial charge >= 0.3 is 17.9 Å². The predicted molar refractivity (Wildman–Crippen MR) is 231 cm³/mol. The highest BCUT2D eigenvalue weighted by molar-refractivity contribution is 7.13. The van der Waals surface area contributed by atoms with E-state index in [4.69, 9.17) is 29.2 Å². The Morgan fingerprint density at radius 3 is 1.30 bits per heavy atom. The lowest BCUT2D eigenvalue weighted by Crippen LogP contribution is -2.41. The third kappa shape index (κ3) is 40.4. The molecule has 354 valence electrons. The summed E-state index contributed by atoms with van der Waals surface area (Å²) in [6.07, 6.45) is 17.2. The Labute approximate surface area is 363 Å². The van der Waals surface area contributed by atoms with Crippen molar-refractivity contribution in [3.63, 3.8) is 0 Å². The van der Waals surface area contributed by atoms with Gasteiger partial charge in [-0.3, -0.25) is 33.9 Å². The molecule has 1 unspecified atom stereocenters. The summed E-state index contributed by atoms with van der Waals surface area (Å²) in [5.74, 6) is -4.12. The second-order valence-corrected chi connectivity index (χ2v) is 15.1. The fourth-order valence-electron chi connectivity index (χ4n) is 5.95. The van der Waals surface area contributed by atoms with Gasteiger partial charge in [0.1, 0.15) is 25.3 Å². The zero-order valence-electron chi connectivity index (χ0n) is 36.2. The highest BCUT2D eigenvalue weighted by Gasteiger charge is 2.21. The number of carboxylic acids is 3. The Morgan fingerprint density at radius 2 is 0.836 bits per heavy atom. The largest absolute Gasteiger partial charge is 0.481 e. The molecule has 3 atom stereocenters. The van der Waals surface area contributed by atoms with Crippen molar-refractivity contribution in [2.24, 2.45) is 0 Å². The molecule has 8 N–H and O–H groups in total. The molecule has 0 aliphatic heterocycles. The fraction of sp³-hybridized carbons (Fsp3) is 0.829. The van der Waals surface area contributed by atoms with Crippen LogP contribution in [0, 0.1) is 0 Å². The summed E-state index contributed by atoms with van der Waals surface area (Å²) in [6.45, 7) is 1.84. The van der Waals surface area contributed by atoms with Gasteiger partial charge in [-0.05, 0) is 38.5 Å². The number of carboxylic acid groups (broad SMARTS) is 3. The van der Waals surface area contributed by atoms with Crippen molar-refractivity contribution in [3.05, 3.63) is 0 Å². The zero-order chi connectivity index (χ0) is 45.2. The Hall–Kier alpha value is -3.48. The molecular weight excluding hydrogens is 817 g/mol. The van der Waals surface area contributed by atoms with Crippen LogP contribution >= 0.6 is 9.39 Å². The molecule has 0 heterocycles. The molecule has 0 fully saturated rings. The van der Waals surface area contributed by atoms with E-state index < -0.39 is 30.0 Å². The molecule has 61 heavy (non-hydrogen) atoms. The summed E-state index contributed by atoms with van der Waals surface area (Å²) in [4.78, 5) is 81.3. The molecule has 0 saturated heterocycles. The number of nitrogens with one attached hydrogen (secondary N) is 5. The van der Waals surface area contributed by atoms with Crippen molar-refractivity contribution < 1.29 is 67.8 Å². The van der Waals surface area contributed by atoms with Crippen LogP contribution in [0.3, 0.4) is 0 Å². The standard InChI is InChI=1S/C41H76N5O14P/c47-35(21-20-33(40(53)54)45-36(48)18-13-11-9-7-5-3-1-2-4-6-8-10-12-14-19-39(51)52)43-23-25-57-27-30-60-32-38(50)44-24-26-58-28-29-59-31-37(49)42-22-16-15-17-34(46-61)41(55)56/h33-34,46H,1-32,61H2,(H,42,49)(H,43,47)(H,44,50)(H,45,48)(H,51,52)(H,53,54)(H,55,56)/t33-,34-/m0/s1. The number of hydrogen-bond acceptors (Lipinski definition) is 12. The van der Waals surface area contributed by atoms with Crippen LogP contribution in [0.25, 0.3) is 0 Å². The average Bonchev–Trinajstić information content (AvgIpc) is 3.22. The van der Waals surface area contributed by atoms with Gasteiger partial charge in [-0.15, -0.1) is 0 Å². The highest BCUT2D eigenvalue weighted by Crippen LogP contribution is 2.14. The molecule has 0 bridgehead atoms. The minimum atomic E-state index is -1.19. The number of unbranched alkanes of at least 4 members (excludes halogenated alkanes) is 14. The highest BCUT2D eigenvalue weighted by atomic mass is 31.0. The summed E-state index contributed by atoms with van der Waals surface area (Å²) in [7, 11) is 2.19. The molecule has 0 aromatic rings. The number of carbonyl (C=O) groups is 7. The molecular formula is C41H76N5O14P. The Morgan fingerprint density at radius 1 is 0.410 bits per heavy atom. The molecule has 0 aliphatic rings. The van der Waals surface area contributed by atoms with E-state index in [-0.39, 0.29) is 115 Å². The van der Waals surface area contributed by atoms with Crippen LogP contribution in [0.1, 0.15) is 135 Å². The van der Waals surface area contributed by atoms with Crippen LogP contribution in [0.5, 0.6) is 0 Å². The van der Waals surface area contributed by atoms with E-state index in [1.165, 1.54) is 38.5 Å². The molecule has 19 nitrogen and oxygen atoms in total. The summed E-state index contributed by atoms with van der Waals surface area (Å²) in [5, 5.41) is 40.3. The lowest BCUT2D eigenvalue weighted by molar-refractivity contribution is -0.142. The van der Waals surface area contributed by atoms with Crippen molar-refractivity contribution in [1.82, 2.24) is 26.4 Å². The number of carbonyl (C=O) groups excluding carboxylic acids is 4. The number of aliphatic carboxylic acids is 3. The first-order chi connectivity index (χ1) is 29.5. The molecule has 0 aromatic heterocycles. The Bertz CT molecular complexity index is 1200. The molecule has 20 heteroatoms. The first-order valence-corrected chi connectivity index (χ1v) is 22.6. The van der Waals surface area contributed by atoms with Crippen molar-refractivity contribution in [1.29, 1.82) is 0 Å². The van der Waals surface area contributed by atoms with Gasteiger partial charge in [0.15, 0.2) is 0 Å². The minimum Gasteiger partial charge on any atom is -0.481 e. The van der Waals surface area contributed by atoms with Gasteiger partial charge in [0.25, 0.3) is 0 Å². The fourth-order valence-corrected chi connectivity index (χ4v) is 6.26. The van der Waals surface area contributed by atoms with E-state index in [1.54, 1.807) is 0 Å². The lowest BCUT2D eigenvalue weighted by atomic mass is 10.0. The molecule has 0 spiro atoms. The van der Waals surface area contributed by atoms with E-state index in [9.17, 15) is 38.7 Å². The zero-order valence-corrected chi connectivity index (χ0v) is 37.3. The minimum absolute atomic E-state index is 0.0309. The third-order valence-electron chi connectivity index (χ3n) is 9.43. The van der Waals surface area contributed by atoms with Crippen LogP contribution in [0.15, 0.2) is 0 Å². The summed E-state index contributed by atoms with van der Waals surface area (Å²) < 4.78 is 21.3. The topological polar surface area (TPSA) is 277 Å². The van der Waals surface area contributed by atoms with Crippen molar-refractivity contribution in [3.8, 4) is 0 Å². The van der Waals surface area contributed by atoms with Crippen LogP contribution < -0.4 is 26.4 Å². The SMILES string of the molecule is O=C(O)CCCCCCCCCCCCCCCCC(=O)N[C@@H](CCC(=O)NCCOCCOCC(=O)NCCOCCOCC(=O)NCCCC[C@H](NP)C(=O)O)C(=O)O. The smallest absolute Gasteiger partial charge is 0.326 e. The van der Waals surface area contributed by atoms with Gasteiger partial charge in [-0.25, -0.2) is 4.79 Å². The molecule has 0 saturated carbocycles. The maximum atomic E-state index is 12.3. The van der Waals surface area contributed by atoms with Gasteiger partial charge in [-0.1, -0.05) is 86.4 Å². The summed E-state index contributed by atoms with van der Waals surface area (Å²) >= 11 is 0. The predicted octanol–water partition coefficient (Wildman–Crippen LogP) is 3.08. The quantitative estimate of drug-likeness (QED) is 0.0322. The molecule has 0 rings (SSSR count). The van der Waals surface area contributed by atoms with E-state index in [0.717, 1.165) is 44.9 Å². The van der Waals surface area contributed by atoms with Gasteiger partial charge < -0.3 is 55.5 Å². The number of amides is 4. The van der Waals surface area contributed by atoms with Gasteiger partial charge in [0.2, 0.25) is 23.6 Å². The van der Waals surface area contributed by atoms with Crippen molar-refractivity contribution in [2.45, 2.75) is 147 Å². The maximum absolute atomic E-state index is 12.3. The summed E-state index contributed by atoms with van der Waals surface area (Å²) in [6, 6.07) is -1.78. The number of hydrogen-bond donors (Lipinski definition) is 8. The number of rotatable bonds is 45. The summed E-state index contributed by atoms with van der Waals surface area (Å²) in [5.41, 5.74) is 0. The molecule has 0 radical (unpaired) electrons. The average molecular weight is 894 g/mol. The Kier molecular flexibility index (Phi) is 39.5. The van der Waals surface area contributed by atoms with Crippen LogP contribution in [-0.4, -0.2) is 141 Å².